The maximum absolute atomic E-state index is 13.3. The summed E-state index contributed by atoms with van der Waals surface area (Å²) in [6.07, 6.45) is 5.62. The van der Waals surface area contributed by atoms with E-state index in [1.165, 1.54) is 6.42 Å². The molecule has 1 aromatic carbocycles. The predicted octanol–water partition coefficient (Wildman–Crippen LogP) is 4.63. The van der Waals surface area contributed by atoms with Gasteiger partial charge >= 0.3 is 0 Å². The first-order valence-corrected chi connectivity index (χ1v) is 10.1. The van der Waals surface area contributed by atoms with Gasteiger partial charge in [-0.2, -0.15) is 0 Å². The third-order valence-corrected chi connectivity index (χ3v) is 6.12. The van der Waals surface area contributed by atoms with E-state index < -0.39 is 5.41 Å². The minimum atomic E-state index is -0.832. The number of amides is 2. The summed E-state index contributed by atoms with van der Waals surface area (Å²) in [7, 11) is 0. The van der Waals surface area contributed by atoms with Crippen LogP contribution in [0.4, 0.5) is 5.69 Å². The SMILES string of the molecule is CCC1CCCCN1C(=O)C1(C(=O)Nc2c(C)cccc2C(C)C)CC1. The summed E-state index contributed by atoms with van der Waals surface area (Å²) >= 11 is 0. The fourth-order valence-corrected chi connectivity index (χ4v) is 4.21. The quantitative estimate of drug-likeness (QED) is 0.782. The number of nitrogens with zero attached hydrogens (tertiary/aromatic N) is 1. The normalized spacial score (nSPS) is 21.6. The van der Waals surface area contributed by atoms with E-state index in [1.54, 1.807) is 0 Å². The number of carbonyl (C=O) groups excluding carboxylic acids is 2. The second-order valence-corrected chi connectivity index (χ2v) is 8.29. The van der Waals surface area contributed by atoms with Gasteiger partial charge in [0.05, 0.1) is 0 Å². The van der Waals surface area contributed by atoms with E-state index in [1.807, 2.05) is 24.0 Å². The third-order valence-electron chi connectivity index (χ3n) is 6.12. The molecular formula is C22H32N2O2. The second kappa shape index (κ2) is 7.42. The number of piperidine rings is 1. The van der Waals surface area contributed by atoms with Gasteiger partial charge in [-0.05, 0) is 62.5 Å². The first kappa shape index (κ1) is 18.9. The number of anilines is 1. The lowest BCUT2D eigenvalue weighted by Crippen LogP contribution is -2.49. The van der Waals surface area contributed by atoms with Gasteiger partial charge in [0.25, 0.3) is 0 Å². The van der Waals surface area contributed by atoms with Gasteiger partial charge in [0.1, 0.15) is 5.41 Å². The monoisotopic (exact) mass is 356 g/mol. The standard InChI is InChI=1S/C22H32N2O2/c1-5-17-10-6-7-14-24(17)21(26)22(12-13-22)20(25)23-19-16(4)9-8-11-18(19)15(2)3/h8-9,11,15,17H,5-7,10,12-14H2,1-4H3,(H,23,25). The van der Waals surface area contributed by atoms with E-state index in [4.69, 9.17) is 0 Å². The van der Waals surface area contributed by atoms with E-state index in [0.29, 0.717) is 24.8 Å². The van der Waals surface area contributed by atoms with Crippen molar-refractivity contribution in [3.05, 3.63) is 29.3 Å². The molecule has 2 aliphatic rings. The largest absolute Gasteiger partial charge is 0.339 e. The van der Waals surface area contributed by atoms with Gasteiger partial charge < -0.3 is 10.2 Å². The van der Waals surface area contributed by atoms with Crippen LogP contribution in [0.5, 0.6) is 0 Å². The summed E-state index contributed by atoms with van der Waals surface area (Å²) in [5.74, 6) is 0.267. The first-order valence-electron chi connectivity index (χ1n) is 10.1. The van der Waals surface area contributed by atoms with Crippen molar-refractivity contribution >= 4 is 17.5 Å². The Morgan fingerprint density at radius 2 is 2.00 bits per heavy atom. The average Bonchev–Trinajstić information content (AvgIpc) is 3.44. The van der Waals surface area contributed by atoms with E-state index in [2.05, 4.69) is 32.2 Å². The molecule has 1 saturated heterocycles. The molecule has 2 amide bonds. The molecule has 0 bridgehead atoms. The number of nitrogens with one attached hydrogen (secondary N) is 1. The van der Waals surface area contributed by atoms with Crippen LogP contribution in [0.2, 0.25) is 0 Å². The molecule has 2 fully saturated rings. The summed E-state index contributed by atoms with van der Waals surface area (Å²) in [6.45, 7) is 9.21. The molecule has 142 valence electrons. The van der Waals surface area contributed by atoms with Gasteiger partial charge in [0, 0.05) is 18.3 Å². The van der Waals surface area contributed by atoms with Crippen LogP contribution < -0.4 is 5.32 Å². The molecule has 26 heavy (non-hydrogen) atoms. The van der Waals surface area contributed by atoms with Crippen LogP contribution in [0.1, 0.15) is 76.3 Å². The Bertz CT molecular complexity index is 691. The highest BCUT2D eigenvalue weighted by molar-refractivity contribution is 6.13. The topological polar surface area (TPSA) is 49.4 Å². The van der Waals surface area contributed by atoms with E-state index in [9.17, 15) is 9.59 Å². The zero-order valence-electron chi connectivity index (χ0n) is 16.6. The molecule has 0 spiro atoms. The van der Waals surface area contributed by atoms with Crippen molar-refractivity contribution in [3.63, 3.8) is 0 Å². The fraction of sp³-hybridized carbons (Fsp3) is 0.636. The number of hydrogen-bond acceptors (Lipinski definition) is 2. The van der Waals surface area contributed by atoms with Crippen molar-refractivity contribution in [3.8, 4) is 0 Å². The summed E-state index contributed by atoms with van der Waals surface area (Å²) < 4.78 is 0. The molecular weight excluding hydrogens is 324 g/mol. The number of aryl methyl sites for hydroxylation is 1. The number of benzene rings is 1. The lowest BCUT2D eigenvalue weighted by molar-refractivity contribution is -0.145. The maximum Gasteiger partial charge on any atom is 0.240 e. The van der Waals surface area contributed by atoms with Gasteiger partial charge in [-0.25, -0.2) is 0 Å². The van der Waals surface area contributed by atoms with Crippen molar-refractivity contribution in [2.45, 2.75) is 78.2 Å². The molecule has 1 heterocycles. The molecule has 1 atom stereocenters. The Morgan fingerprint density at radius 1 is 1.27 bits per heavy atom. The molecule has 1 aliphatic carbocycles. The van der Waals surface area contributed by atoms with Gasteiger partial charge in [-0.15, -0.1) is 0 Å². The van der Waals surface area contributed by atoms with Crippen LogP contribution in [0.25, 0.3) is 0 Å². The predicted molar refractivity (Wildman–Crippen MR) is 105 cm³/mol. The molecule has 0 radical (unpaired) electrons. The molecule has 4 heteroatoms. The van der Waals surface area contributed by atoms with Crippen LogP contribution in [0.3, 0.4) is 0 Å². The summed E-state index contributed by atoms with van der Waals surface area (Å²) in [5.41, 5.74) is 2.24. The van der Waals surface area contributed by atoms with Crippen LogP contribution in [-0.2, 0) is 9.59 Å². The molecule has 1 saturated carbocycles. The number of likely N-dealkylation sites (tertiary alicyclic amines) is 1. The smallest absolute Gasteiger partial charge is 0.240 e. The van der Waals surface area contributed by atoms with Gasteiger partial charge in [-0.3, -0.25) is 9.59 Å². The maximum atomic E-state index is 13.3. The molecule has 3 rings (SSSR count). The van der Waals surface area contributed by atoms with Gasteiger partial charge in [0.15, 0.2) is 0 Å². The Balaban J connectivity index is 1.81. The van der Waals surface area contributed by atoms with Gasteiger partial charge in [0.2, 0.25) is 11.8 Å². The van der Waals surface area contributed by atoms with E-state index in [-0.39, 0.29) is 11.8 Å². The summed E-state index contributed by atoms with van der Waals surface area (Å²) in [6, 6.07) is 6.40. The van der Waals surface area contributed by atoms with Crippen molar-refractivity contribution in [2.75, 3.05) is 11.9 Å². The highest BCUT2D eigenvalue weighted by Crippen LogP contribution is 2.49. The molecule has 1 unspecified atom stereocenters. The highest BCUT2D eigenvalue weighted by atomic mass is 16.2. The number of para-hydroxylation sites is 1. The third kappa shape index (κ3) is 3.38. The molecule has 4 nitrogen and oxygen atoms in total. The number of carbonyl (C=O) groups is 2. The summed E-state index contributed by atoms with van der Waals surface area (Å²) in [4.78, 5) is 28.4. The molecule has 1 aliphatic heterocycles. The molecule has 1 aromatic rings. The first-order chi connectivity index (χ1) is 12.4. The Labute approximate surface area is 157 Å². The summed E-state index contributed by atoms with van der Waals surface area (Å²) in [5, 5.41) is 3.13. The Kier molecular flexibility index (Phi) is 5.40. The Morgan fingerprint density at radius 3 is 2.62 bits per heavy atom. The van der Waals surface area contributed by atoms with Crippen molar-refractivity contribution < 1.29 is 9.59 Å². The fourth-order valence-electron chi connectivity index (χ4n) is 4.21. The van der Waals surface area contributed by atoms with E-state index >= 15 is 0 Å². The van der Waals surface area contributed by atoms with Crippen LogP contribution in [0, 0.1) is 12.3 Å². The number of rotatable bonds is 5. The molecule has 1 N–H and O–H groups in total. The minimum absolute atomic E-state index is 0.0567. The Hall–Kier alpha value is -1.84. The van der Waals surface area contributed by atoms with Gasteiger partial charge in [-0.1, -0.05) is 39.0 Å². The lowest BCUT2D eigenvalue weighted by Gasteiger charge is -2.37. The zero-order chi connectivity index (χ0) is 18.9. The molecule has 0 aromatic heterocycles. The zero-order valence-corrected chi connectivity index (χ0v) is 16.6. The van der Waals surface area contributed by atoms with E-state index in [0.717, 1.165) is 42.6 Å². The second-order valence-electron chi connectivity index (χ2n) is 8.29. The van der Waals surface area contributed by atoms with Crippen LogP contribution in [-0.4, -0.2) is 29.3 Å². The van der Waals surface area contributed by atoms with Crippen molar-refractivity contribution in [2.24, 2.45) is 5.41 Å². The van der Waals surface area contributed by atoms with Crippen LogP contribution >= 0.6 is 0 Å². The highest BCUT2D eigenvalue weighted by Gasteiger charge is 2.58. The average molecular weight is 357 g/mol. The van der Waals surface area contributed by atoms with Crippen molar-refractivity contribution in [1.29, 1.82) is 0 Å². The lowest BCUT2D eigenvalue weighted by atomic mass is 9.94. The van der Waals surface area contributed by atoms with Crippen LogP contribution in [0.15, 0.2) is 18.2 Å². The number of hydrogen-bond donors (Lipinski definition) is 1. The van der Waals surface area contributed by atoms with Crippen molar-refractivity contribution in [1.82, 2.24) is 4.90 Å². The minimum Gasteiger partial charge on any atom is -0.339 e.